The molecule has 0 aliphatic heterocycles. The lowest BCUT2D eigenvalue weighted by Gasteiger charge is -2.12. The second kappa shape index (κ2) is 10.8. The van der Waals surface area contributed by atoms with Crippen LogP contribution in [-0.4, -0.2) is 22.1 Å². The summed E-state index contributed by atoms with van der Waals surface area (Å²) in [6.45, 7) is 3.28. The number of pyridine rings is 1. The molecule has 0 amide bonds. The highest BCUT2D eigenvalue weighted by Gasteiger charge is 2.13. The molecule has 0 atom stereocenters. The van der Waals surface area contributed by atoms with Gasteiger partial charge in [-0.3, -0.25) is 4.79 Å². The van der Waals surface area contributed by atoms with E-state index in [4.69, 9.17) is 26.1 Å². The van der Waals surface area contributed by atoms with E-state index in [-0.39, 0.29) is 5.97 Å². The van der Waals surface area contributed by atoms with Gasteiger partial charge in [0.1, 0.15) is 12.4 Å². The fourth-order valence-corrected chi connectivity index (χ4v) is 4.50. The molecule has 2 aromatic heterocycles. The molecular weight excluding hydrogens is 472 g/mol. The molecule has 5 rings (SSSR count). The molecule has 5 nitrogen and oxygen atoms in total. The summed E-state index contributed by atoms with van der Waals surface area (Å²) in [6, 6.07) is 28.2. The molecule has 0 unspecified atom stereocenters. The predicted molar refractivity (Wildman–Crippen MR) is 144 cm³/mol. The van der Waals surface area contributed by atoms with Gasteiger partial charge in [-0.25, -0.2) is 4.98 Å². The second-order valence-corrected chi connectivity index (χ2v) is 9.09. The summed E-state index contributed by atoms with van der Waals surface area (Å²) in [4.78, 5) is 16.7. The number of para-hydroxylation sites is 1. The molecule has 0 fully saturated rings. The van der Waals surface area contributed by atoms with Gasteiger partial charge in [-0.15, -0.1) is 0 Å². The first-order valence-corrected chi connectivity index (χ1v) is 12.5. The lowest BCUT2D eigenvalue weighted by atomic mass is 10.2. The Labute approximate surface area is 215 Å². The maximum atomic E-state index is 12.0. The molecule has 36 heavy (non-hydrogen) atoms. The van der Waals surface area contributed by atoms with Crippen LogP contribution in [0, 0.1) is 0 Å². The molecule has 0 spiro atoms. The molecule has 5 aromatic rings. The lowest BCUT2D eigenvalue weighted by Crippen LogP contribution is -2.09. The zero-order valence-electron chi connectivity index (χ0n) is 20.1. The van der Waals surface area contributed by atoms with Crippen molar-refractivity contribution in [3.63, 3.8) is 0 Å². The fourth-order valence-electron chi connectivity index (χ4n) is 4.37. The molecule has 182 valence electrons. The largest absolute Gasteiger partial charge is 0.487 e. The molecule has 0 radical (unpaired) electrons. The number of nitrogens with zero attached hydrogens (tertiary/aromatic N) is 2. The van der Waals surface area contributed by atoms with Crippen LogP contribution in [0.15, 0.2) is 84.9 Å². The monoisotopic (exact) mass is 498 g/mol. The number of carbonyl (C=O) groups is 1. The minimum Gasteiger partial charge on any atom is -0.487 e. The Morgan fingerprint density at radius 3 is 2.61 bits per heavy atom. The van der Waals surface area contributed by atoms with Crippen molar-refractivity contribution in [2.24, 2.45) is 0 Å². The number of halogens is 1. The van der Waals surface area contributed by atoms with Crippen LogP contribution in [0.4, 0.5) is 0 Å². The highest BCUT2D eigenvalue weighted by Crippen LogP contribution is 2.27. The molecule has 0 saturated heterocycles. The van der Waals surface area contributed by atoms with Crippen LogP contribution < -0.4 is 4.74 Å². The van der Waals surface area contributed by atoms with Gasteiger partial charge in [0.15, 0.2) is 0 Å². The number of aryl methyl sites for hydroxylation is 1. The molecule has 3 aromatic carbocycles. The fraction of sp³-hybridized carbons (Fsp3) is 0.200. The van der Waals surface area contributed by atoms with Crippen LogP contribution in [0.3, 0.4) is 0 Å². The van der Waals surface area contributed by atoms with E-state index in [1.807, 2.05) is 67.6 Å². The summed E-state index contributed by atoms with van der Waals surface area (Å²) in [7, 11) is 0. The van der Waals surface area contributed by atoms with Crippen molar-refractivity contribution >= 4 is 39.4 Å². The average molecular weight is 499 g/mol. The average Bonchev–Trinajstić information content (AvgIpc) is 3.24. The second-order valence-electron chi connectivity index (χ2n) is 8.66. The maximum Gasteiger partial charge on any atom is 0.306 e. The Morgan fingerprint density at radius 2 is 1.78 bits per heavy atom. The lowest BCUT2D eigenvalue weighted by molar-refractivity contribution is -0.143. The van der Waals surface area contributed by atoms with Crippen molar-refractivity contribution in [2.45, 2.75) is 32.9 Å². The Bertz CT molecular complexity index is 1510. The van der Waals surface area contributed by atoms with Gasteiger partial charge < -0.3 is 14.0 Å². The van der Waals surface area contributed by atoms with Crippen LogP contribution in [0.1, 0.15) is 30.3 Å². The van der Waals surface area contributed by atoms with E-state index in [2.05, 4.69) is 28.8 Å². The summed E-state index contributed by atoms with van der Waals surface area (Å²) in [5, 5.41) is 2.88. The van der Waals surface area contributed by atoms with E-state index >= 15 is 0 Å². The van der Waals surface area contributed by atoms with E-state index in [1.165, 1.54) is 0 Å². The van der Waals surface area contributed by atoms with Crippen LogP contribution in [0.25, 0.3) is 21.8 Å². The van der Waals surface area contributed by atoms with Gasteiger partial charge in [0.05, 0.1) is 24.2 Å². The van der Waals surface area contributed by atoms with Gasteiger partial charge in [0, 0.05) is 33.6 Å². The third kappa shape index (κ3) is 5.52. The topological polar surface area (TPSA) is 53.4 Å². The standard InChI is InChI=1S/C30H27ClN2O3/c1-2-35-30(34)16-13-26-17-23-18-27(36-20-25-12-9-22-5-3-4-6-28(22)32-25)14-15-29(23)33(26)19-21-7-10-24(31)11-8-21/h3-12,14-15,17-18H,2,13,16,19-20H2,1H3. The number of carbonyl (C=O) groups excluding carboxylic acids is 1. The number of hydrogen-bond donors (Lipinski definition) is 0. The third-order valence-electron chi connectivity index (χ3n) is 6.15. The summed E-state index contributed by atoms with van der Waals surface area (Å²) in [6.07, 6.45) is 0.931. The van der Waals surface area contributed by atoms with E-state index in [1.54, 1.807) is 0 Å². The predicted octanol–water partition coefficient (Wildman–Crippen LogP) is 6.97. The molecule has 2 heterocycles. The van der Waals surface area contributed by atoms with Gasteiger partial charge in [-0.05, 0) is 67.4 Å². The highest BCUT2D eigenvalue weighted by molar-refractivity contribution is 6.30. The van der Waals surface area contributed by atoms with Crippen molar-refractivity contribution in [1.82, 2.24) is 9.55 Å². The molecule has 0 N–H and O–H groups in total. The molecular formula is C30H27ClN2O3. The van der Waals surface area contributed by atoms with Crippen molar-refractivity contribution in [3.8, 4) is 5.75 Å². The van der Waals surface area contributed by atoms with Crippen molar-refractivity contribution in [2.75, 3.05) is 6.61 Å². The van der Waals surface area contributed by atoms with Gasteiger partial charge >= 0.3 is 5.97 Å². The summed E-state index contributed by atoms with van der Waals surface area (Å²) in [5.74, 6) is 0.589. The quantitative estimate of drug-likeness (QED) is 0.206. The number of benzene rings is 3. The number of ether oxygens (including phenoxy) is 2. The zero-order chi connectivity index (χ0) is 24.9. The van der Waals surface area contributed by atoms with Crippen molar-refractivity contribution < 1.29 is 14.3 Å². The smallest absolute Gasteiger partial charge is 0.306 e. The first kappa shape index (κ1) is 23.9. The SMILES string of the molecule is CCOC(=O)CCc1cc2cc(OCc3ccc4ccccc4n3)ccc2n1Cc1ccc(Cl)cc1. The minimum atomic E-state index is -0.187. The van der Waals surface area contributed by atoms with Crippen LogP contribution in [0.2, 0.25) is 5.02 Å². The van der Waals surface area contributed by atoms with Crippen molar-refractivity contribution in [3.05, 3.63) is 107 Å². The number of aromatic nitrogens is 2. The number of esters is 1. The highest BCUT2D eigenvalue weighted by atomic mass is 35.5. The third-order valence-corrected chi connectivity index (χ3v) is 6.40. The van der Waals surface area contributed by atoms with Gasteiger partial charge in [0.25, 0.3) is 0 Å². The first-order chi connectivity index (χ1) is 17.6. The summed E-state index contributed by atoms with van der Waals surface area (Å²) >= 11 is 6.08. The first-order valence-electron chi connectivity index (χ1n) is 12.1. The van der Waals surface area contributed by atoms with E-state index < -0.39 is 0 Å². The van der Waals surface area contributed by atoms with E-state index in [0.717, 1.165) is 44.5 Å². The van der Waals surface area contributed by atoms with E-state index in [9.17, 15) is 4.79 Å². The van der Waals surface area contributed by atoms with Gasteiger partial charge in [-0.2, -0.15) is 0 Å². The Hall–Kier alpha value is -3.83. The Kier molecular flexibility index (Phi) is 7.19. The Balaban J connectivity index is 1.39. The minimum absolute atomic E-state index is 0.187. The molecule has 6 heteroatoms. The van der Waals surface area contributed by atoms with Crippen LogP contribution in [0.5, 0.6) is 5.75 Å². The molecule has 0 bridgehead atoms. The molecule has 0 saturated carbocycles. The van der Waals surface area contributed by atoms with Crippen LogP contribution >= 0.6 is 11.6 Å². The van der Waals surface area contributed by atoms with E-state index in [0.29, 0.717) is 37.6 Å². The number of fused-ring (bicyclic) bond motifs is 2. The molecule has 0 aliphatic rings. The number of rotatable bonds is 9. The zero-order valence-corrected chi connectivity index (χ0v) is 20.9. The van der Waals surface area contributed by atoms with Gasteiger partial charge in [0.2, 0.25) is 0 Å². The normalized spacial score (nSPS) is 11.2. The van der Waals surface area contributed by atoms with Gasteiger partial charge in [-0.1, -0.05) is 48.0 Å². The van der Waals surface area contributed by atoms with Crippen LogP contribution in [-0.2, 0) is 29.1 Å². The molecule has 0 aliphatic carbocycles. The Morgan fingerprint density at radius 1 is 0.944 bits per heavy atom. The number of hydrogen-bond acceptors (Lipinski definition) is 4. The summed E-state index contributed by atoms with van der Waals surface area (Å²) < 4.78 is 13.5. The maximum absolute atomic E-state index is 12.0. The van der Waals surface area contributed by atoms with Crippen molar-refractivity contribution in [1.29, 1.82) is 0 Å². The summed E-state index contributed by atoms with van der Waals surface area (Å²) in [5.41, 5.74) is 5.13.